The number of phenols is 1. The molecule has 0 radical (unpaired) electrons. The molecule has 0 amide bonds. The summed E-state index contributed by atoms with van der Waals surface area (Å²) in [5.74, 6) is 0.177. The van der Waals surface area contributed by atoms with E-state index in [1.807, 2.05) is 0 Å². The molecule has 3 heteroatoms. The zero-order valence-electron chi connectivity index (χ0n) is 7.54. The van der Waals surface area contributed by atoms with Crippen molar-refractivity contribution in [2.45, 2.75) is 18.2 Å². The van der Waals surface area contributed by atoms with Crippen molar-refractivity contribution in [1.29, 1.82) is 0 Å². The highest BCUT2D eigenvalue weighted by molar-refractivity contribution is 9.10. The average molecular weight is 243 g/mol. The van der Waals surface area contributed by atoms with Gasteiger partial charge in [-0.1, -0.05) is 15.9 Å². The minimum atomic E-state index is -0.552. The summed E-state index contributed by atoms with van der Waals surface area (Å²) in [5.41, 5.74) is 0.597. The highest BCUT2D eigenvalue weighted by Crippen LogP contribution is 2.22. The molecule has 0 heterocycles. The van der Waals surface area contributed by atoms with Gasteiger partial charge in [0.05, 0.1) is 4.32 Å². The molecule has 0 unspecified atom stereocenters. The molecule has 0 fully saturated rings. The van der Waals surface area contributed by atoms with Crippen molar-refractivity contribution in [3.05, 3.63) is 29.8 Å². The standard InChI is InChI=1S/C10H11BrO2/c1-10(2,11)9(13)7-3-5-8(12)6-4-7/h3-6,12H,1-2H3. The van der Waals surface area contributed by atoms with Crippen LogP contribution in [0, 0.1) is 0 Å². The molecule has 0 saturated carbocycles. The molecule has 13 heavy (non-hydrogen) atoms. The lowest BCUT2D eigenvalue weighted by Gasteiger charge is -2.14. The number of hydrogen-bond donors (Lipinski definition) is 1. The third-order valence-corrected chi connectivity index (χ3v) is 2.03. The average Bonchev–Trinajstić information content (AvgIpc) is 2.03. The van der Waals surface area contributed by atoms with Crippen LogP contribution in [0.5, 0.6) is 5.75 Å². The van der Waals surface area contributed by atoms with E-state index < -0.39 is 4.32 Å². The normalized spacial score (nSPS) is 11.3. The quantitative estimate of drug-likeness (QED) is 0.640. The summed E-state index contributed by atoms with van der Waals surface area (Å²) in [6.07, 6.45) is 0. The van der Waals surface area contributed by atoms with Gasteiger partial charge in [-0.25, -0.2) is 0 Å². The van der Waals surface area contributed by atoms with Crippen LogP contribution in [0.2, 0.25) is 0 Å². The van der Waals surface area contributed by atoms with Gasteiger partial charge in [0.15, 0.2) is 5.78 Å². The Morgan fingerprint density at radius 2 is 1.77 bits per heavy atom. The first kappa shape index (κ1) is 10.3. The smallest absolute Gasteiger partial charge is 0.178 e. The van der Waals surface area contributed by atoms with Crippen LogP contribution < -0.4 is 0 Å². The molecule has 0 saturated heterocycles. The summed E-state index contributed by atoms with van der Waals surface area (Å²) >= 11 is 3.29. The van der Waals surface area contributed by atoms with Gasteiger partial charge in [-0.15, -0.1) is 0 Å². The summed E-state index contributed by atoms with van der Waals surface area (Å²) in [6.45, 7) is 3.59. The van der Waals surface area contributed by atoms with Crippen LogP contribution in [0.25, 0.3) is 0 Å². The number of phenolic OH excluding ortho intramolecular Hbond substituents is 1. The zero-order chi connectivity index (χ0) is 10.1. The highest BCUT2D eigenvalue weighted by atomic mass is 79.9. The first-order valence-electron chi connectivity index (χ1n) is 3.94. The SMILES string of the molecule is CC(C)(Br)C(=O)c1ccc(O)cc1. The Balaban J connectivity index is 2.97. The van der Waals surface area contributed by atoms with Gasteiger partial charge in [0, 0.05) is 5.56 Å². The van der Waals surface area contributed by atoms with Gasteiger partial charge in [0.25, 0.3) is 0 Å². The van der Waals surface area contributed by atoms with E-state index in [1.54, 1.807) is 26.0 Å². The maximum Gasteiger partial charge on any atom is 0.178 e. The number of benzene rings is 1. The number of carbonyl (C=O) groups is 1. The fourth-order valence-corrected chi connectivity index (χ4v) is 1.18. The monoisotopic (exact) mass is 242 g/mol. The number of Topliss-reactive ketones (excluding diaryl/α,β-unsaturated/α-hetero) is 1. The Labute approximate surface area is 85.7 Å². The summed E-state index contributed by atoms with van der Waals surface area (Å²) in [6, 6.07) is 6.24. The number of hydrogen-bond acceptors (Lipinski definition) is 2. The van der Waals surface area contributed by atoms with Crippen LogP contribution in [-0.2, 0) is 0 Å². The van der Waals surface area contributed by atoms with Crippen molar-refractivity contribution in [3.63, 3.8) is 0 Å². The number of rotatable bonds is 2. The van der Waals surface area contributed by atoms with E-state index in [0.29, 0.717) is 5.56 Å². The zero-order valence-corrected chi connectivity index (χ0v) is 9.13. The Hall–Kier alpha value is -0.830. The molecule has 1 aromatic carbocycles. The summed E-state index contributed by atoms with van der Waals surface area (Å²) < 4.78 is -0.552. The predicted molar refractivity (Wildman–Crippen MR) is 55.4 cm³/mol. The summed E-state index contributed by atoms with van der Waals surface area (Å²) in [4.78, 5) is 11.6. The van der Waals surface area contributed by atoms with E-state index >= 15 is 0 Å². The molecule has 0 bridgehead atoms. The Bertz CT molecular complexity index is 309. The van der Waals surface area contributed by atoms with Crippen molar-refractivity contribution in [2.75, 3.05) is 0 Å². The third-order valence-electron chi connectivity index (χ3n) is 1.67. The van der Waals surface area contributed by atoms with Crippen molar-refractivity contribution in [1.82, 2.24) is 0 Å². The molecule has 0 spiro atoms. The van der Waals surface area contributed by atoms with E-state index in [4.69, 9.17) is 5.11 Å². The topological polar surface area (TPSA) is 37.3 Å². The maximum atomic E-state index is 11.6. The van der Waals surface area contributed by atoms with Crippen molar-refractivity contribution in [2.24, 2.45) is 0 Å². The van der Waals surface area contributed by atoms with Gasteiger partial charge in [-0.05, 0) is 38.1 Å². The number of halogens is 1. The van der Waals surface area contributed by atoms with Crippen LogP contribution in [0.15, 0.2) is 24.3 Å². The second kappa shape index (κ2) is 3.50. The Morgan fingerprint density at radius 1 is 1.31 bits per heavy atom. The molecule has 0 aliphatic carbocycles. The Morgan fingerprint density at radius 3 is 2.15 bits per heavy atom. The third kappa shape index (κ3) is 2.56. The molecule has 0 aromatic heterocycles. The van der Waals surface area contributed by atoms with Gasteiger partial charge < -0.3 is 5.11 Å². The van der Waals surface area contributed by atoms with Crippen LogP contribution in [0.3, 0.4) is 0 Å². The molecule has 0 atom stereocenters. The van der Waals surface area contributed by atoms with E-state index in [2.05, 4.69) is 15.9 Å². The van der Waals surface area contributed by atoms with Gasteiger partial charge in [0.2, 0.25) is 0 Å². The fraction of sp³-hybridized carbons (Fsp3) is 0.300. The van der Waals surface area contributed by atoms with Crippen LogP contribution >= 0.6 is 15.9 Å². The van der Waals surface area contributed by atoms with Crippen molar-refractivity contribution < 1.29 is 9.90 Å². The number of carbonyl (C=O) groups excluding carboxylic acids is 1. The van der Waals surface area contributed by atoms with Crippen molar-refractivity contribution >= 4 is 21.7 Å². The summed E-state index contributed by atoms with van der Waals surface area (Å²) in [7, 11) is 0. The molecule has 1 aromatic rings. The first-order chi connectivity index (χ1) is 5.91. The van der Waals surface area contributed by atoms with Crippen molar-refractivity contribution in [3.8, 4) is 5.75 Å². The first-order valence-corrected chi connectivity index (χ1v) is 4.73. The number of aromatic hydroxyl groups is 1. The van der Waals surface area contributed by atoms with E-state index in [-0.39, 0.29) is 11.5 Å². The number of alkyl halides is 1. The molecule has 70 valence electrons. The van der Waals surface area contributed by atoms with Gasteiger partial charge in [-0.2, -0.15) is 0 Å². The minimum absolute atomic E-state index is 0.00694. The van der Waals surface area contributed by atoms with Gasteiger partial charge in [0.1, 0.15) is 5.75 Å². The Kier molecular flexibility index (Phi) is 2.76. The molecular weight excluding hydrogens is 232 g/mol. The lowest BCUT2D eigenvalue weighted by molar-refractivity contribution is 0.0961. The van der Waals surface area contributed by atoms with Gasteiger partial charge >= 0.3 is 0 Å². The lowest BCUT2D eigenvalue weighted by Crippen LogP contribution is -2.23. The number of ketones is 1. The van der Waals surface area contributed by atoms with Gasteiger partial charge in [-0.3, -0.25) is 4.79 Å². The largest absolute Gasteiger partial charge is 0.508 e. The second-order valence-electron chi connectivity index (χ2n) is 3.35. The van der Waals surface area contributed by atoms with E-state index in [9.17, 15) is 4.79 Å². The molecule has 0 aliphatic rings. The predicted octanol–water partition coefficient (Wildman–Crippen LogP) is 2.75. The molecule has 1 N–H and O–H groups in total. The van der Waals surface area contributed by atoms with Crippen LogP contribution in [0.1, 0.15) is 24.2 Å². The maximum absolute atomic E-state index is 11.6. The van der Waals surface area contributed by atoms with E-state index in [0.717, 1.165) is 0 Å². The minimum Gasteiger partial charge on any atom is -0.508 e. The molecule has 2 nitrogen and oxygen atoms in total. The highest BCUT2D eigenvalue weighted by Gasteiger charge is 2.24. The van der Waals surface area contributed by atoms with E-state index in [1.165, 1.54) is 12.1 Å². The fourth-order valence-electron chi connectivity index (χ4n) is 0.956. The molecule has 0 aliphatic heterocycles. The molecular formula is C10H11BrO2. The van der Waals surface area contributed by atoms with Crippen LogP contribution in [0.4, 0.5) is 0 Å². The summed E-state index contributed by atoms with van der Waals surface area (Å²) in [5, 5.41) is 9.02. The molecule has 1 rings (SSSR count). The second-order valence-corrected chi connectivity index (χ2v) is 5.33. The lowest BCUT2D eigenvalue weighted by atomic mass is 10.0. The van der Waals surface area contributed by atoms with Crippen LogP contribution in [-0.4, -0.2) is 15.2 Å².